The molecule has 0 bridgehead atoms. The van der Waals surface area contributed by atoms with E-state index in [1.54, 1.807) is 18.2 Å². The molecule has 0 radical (unpaired) electrons. The largest absolute Gasteiger partial charge is 0.573 e. The molecule has 0 amide bonds. The third-order valence-electron chi connectivity index (χ3n) is 3.78. The molecule has 0 aliphatic carbocycles. The molecule has 1 aromatic carbocycles. The lowest BCUT2D eigenvalue weighted by Crippen LogP contribution is -2.48. The Labute approximate surface area is 129 Å². The zero-order chi connectivity index (χ0) is 16.4. The minimum absolute atomic E-state index is 0.103. The Morgan fingerprint density at radius 2 is 1.68 bits per heavy atom. The van der Waals surface area contributed by atoms with Gasteiger partial charge in [0.2, 0.25) is 0 Å². The first-order valence-electron chi connectivity index (χ1n) is 7.48. The summed E-state index contributed by atoms with van der Waals surface area (Å²) in [6.45, 7) is 9.44. The molecule has 1 N–H and O–H groups in total. The number of nitrogens with one attached hydrogen (secondary N) is 1. The second-order valence-electron chi connectivity index (χ2n) is 6.64. The number of piperazine rings is 1. The van der Waals surface area contributed by atoms with Gasteiger partial charge in [-0.15, -0.1) is 13.2 Å². The number of para-hydroxylation sites is 1. The van der Waals surface area contributed by atoms with Gasteiger partial charge in [0.15, 0.2) is 0 Å². The Balaban J connectivity index is 2.39. The number of benzene rings is 1. The van der Waals surface area contributed by atoms with Crippen molar-refractivity contribution in [1.82, 2.24) is 10.2 Å². The van der Waals surface area contributed by atoms with Crippen molar-refractivity contribution in [2.75, 3.05) is 26.2 Å². The van der Waals surface area contributed by atoms with Crippen LogP contribution < -0.4 is 10.1 Å². The second kappa shape index (κ2) is 6.46. The molecule has 0 aromatic heterocycles. The smallest absolute Gasteiger partial charge is 0.405 e. The van der Waals surface area contributed by atoms with E-state index in [1.165, 1.54) is 6.07 Å². The van der Waals surface area contributed by atoms with Gasteiger partial charge in [0.05, 0.1) is 0 Å². The average molecular weight is 316 g/mol. The monoisotopic (exact) mass is 316 g/mol. The van der Waals surface area contributed by atoms with Gasteiger partial charge in [-0.05, 0) is 11.5 Å². The van der Waals surface area contributed by atoms with Gasteiger partial charge >= 0.3 is 6.36 Å². The quantitative estimate of drug-likeness (QED) is 0.922. The third kappa shape index (κ3) is 4.36. The van der Waals surface area contributed by atoms with Crippen LogP contribution in [-0.2, 0) is 0 Å². The summed E-state index contributed by atoms with van der Waals surface area (Å²) >= 11 is 0. The number of nitrogens with zero attached hydrogens (tertiary/aromatic N) is 1. The standard InChI is InChI=1S/C16H23F3N2O/c1-15(2,3)14(21-10-8-20-9-11-21)12-6-4-5-7-13(12)22-16(17,18)19/h4-7,14,20H,8-11H2,1-3H3/t14-/m1/s1. The van der Waals surface area contributed by atoms with Crippen LogP contribution in [0.25, 0.3) is 0 Å². The molecule has 124 valence electrons. The number of ether oxygens (including phenoxy) is 1. The van der Waals surface area contributed by atoms with Gasteiger partial charge in [-0.25, -0.2) is 0 Å². The molecule has 0 saturated carbocycles. The van der Waals surface area contributed by atoms with E-state index in [9.17, 15) is 13.2 Å². The highest BCUT2D eigenvalue weighted by Crippen LogP contribution is 2.42. The zero-order valence-electron chi connectivity index (χ0n) is 13.2. The molecule has 1 saturated heterocycles. The first-order chi connectivity index (χ1) is 10.2. The molecule has 0 spiro atoms. The summed E-state index contributed by atoms with van der Waals surface area (Å²) < 4.78 is 42.3. The predicted molar refractivity (Wildman–Crippen MR) is 79.8 cm³/mol. The zero-order valence-corrected chi connectivity index (χ0v) is 13.2. The third-order valence-corrected chi connectivity index (χ3v) is 3.78. The van der Waals surface area contributed by atoms with Crippen molar-refractivity contribution in [2.45, 2.75) is 33.2 Å². The summed E-state index contributed by atoms with van der Waals surface area (Å²) in [6.07, 6.45) is -4.68. The topological polar surface area (TPSA) is 24.5 Å². The maximum atomic E-state index is 12.7. The molecule has 1 aliphatic rings. The molecule has 2 rings (SSSR count). The van der Waals surface area contributed by atoms with E-state index >= 15 is 0 Å². The molecule has 1 aliphatic heterocycles. The van der Waals surface area contributed by atoms with Gasteiger partial charge in [0, 0.05) is 37.8 Å². The molecular weight excluding hydrogens is 293 g/mol. The minimum Gasteiger partial charge on any atom is -0.405 e. The average Bonchev–Trinajstić information content (AvgIpc) is 2.39. The van der Waals surface area contributed by atoms with E-state index in [1.807, 2.05) is 20.8 Å². The van der Waals surface area contributed by atoms with E-state index < -0.39 is 6.36 Å². The van der Waals surface area contributed by atoms with E-state index in [-0.39, 0.29) is 17.2 Å². The molecule has 6 heteroatoms. The minimum atomic E-state index is -4.68. The van der Waals surface area contributed by atoms with Crippen molar-refractivity contribution in [2.24, 2.45) is 5.41 Å². The first kappa shape index (κ1) is 17.1. The number of halogens is 3. The number of rotatable bonds is 3. The summed E-state index contributed by atoms with van der Waals surface area (Å²) in [7, 11) is 0. The fourth-order valence-corrected chi connectivity index (χ4v) is 3.08. The summed E-state index contributed by atoms with van der Waals surface area (Å²) in [5.41, 5.74) is 0.386. The normalized spacial score (nSPS) is 19.0. The van der Waals surface area contributed by atoms with E-state index in [4.69, 9.17) is 0 Å². The van der Waals surface area contributed by atoms with Crippen molar-refractivity contribution in [3.8, 4) is 5.75 Å². The highest BCUT2D eigenvalue weighted by Gasteiger charge is 2.37. The second-order valence-corrected chi connectivity index (χ2v) is 6.64. The lowest BCUT2D eigenvalue weighted by Gasteiger charge is -2.43. The van der Waals surface area contributed by atoms with Crippen LogP contribution in [0.4, 0.5) is 13.2 Å². The summed E-state index contributed by atoms with van der Waals surface area (Å²) in [5.74, 6) is -0.103. The van der Waals surface area contributed by atoms with Gasteiger partial charge in [0.1, 0.15) is 5.75 Å². The SMILES string of the molecule is CC(C)(C)[C@@H](c1ccccc1OC(F)(F)F)N1CCNCC1. The molecule has 22 heavy (non-hydrogen) atoms. The van der Waals surface area contributed by atoms with Gasteiger partial charge < -0.3 is 10.1 Å². The fourth-order valence-electron chi connectivity index (χ4n) is 3.08. The molecule has 1 fully saturated rings. The Morgan fingerprint density at radius 3 is 2.23 bits per heavy atom. The molecule has 1 heterocycles. The van der Waals surface area contributed by atoms with Crippen LogP contribution in [0, 0.1) is 5.41 Å². The van der Waals surface area contributed by atoms with Gasteiger partial charge in [-0.1, -0.05) is 39.0 Å². The van der Waals surface area contributed by atoms with Crippen LogP contribution in [0.2, 0.25) is 0 Å². The van der Waals surface area contributed by atoms with Crippen molar-refractivity contribution in [3.63, 3.8) is 0 Å². The molecule has 0 unspecified atom stereocenters. The van der Waals surface area contributed by atoms with Crippen LogP contribution >= 0.6 is 0 Å². The number of hydrogen-bond donors (Lipinski definition) is 1. The Kier molecular flexibility index (Phi) is 5.02. The van der Waals surface area contributed by atoms with Crippen LogP contribution in [0.1, 0.15) is 32.4 Å². The van der Waals surface area contributed by atoms with Crippen LogP contribution in [0.5, 0.6) is 5.75 Å². The fraction of sp³-hybridized carbons (Fsp3) is 0.625. The Hall–Kier alpha value is -1.27. The molecule has 1 aromatic rings. The van der Waals surface area contributed by atoms with Crippen LogP contribution in [0.3, 0.4) is 0 Å². The Morgan fingerprint density at radius 1 is 1.09 bits per heavy atom. The van der Waals surface area contributed by atoms with E-state index in [0.29, 0.717) is 5.56 Å². The van der Waals surface area contributed by atoms with Crippen LogP contribution in [-0.4, -0.2) is 37.4 Å². The lowest BCUT2D eigenvalue weighted by molar-refractivity contribution is -0.275. The van der Waals surface area contributed by atoms with Crippen molar-refractivity contribution in [1.29, 1.82) is 0 Å². The van der Waals surface area contributed by atoms with Crippen molar-refractivity contribution in [3.05, 3.63) is 29.8 Å². The van der Waals surface area contributed by atoms with Crippen LogP contribution in [0.15, 0.2) is 24.3 Å². The number of hydrogen-bond acceptors (Lipinski definition) is 3. The maximum absolute atomic E-state index is 12.7. The lowest BCUT2D eigenvalue weighted by atomic mass is 9.80. The maximum Gasteiger partial charge on any atom is 0.573 e. The highest BCUT2D eigenvalue weighted by atomic mass is 19.4. The number of alkyl halides is 3. The molecule has 1 atom stereocenters. The summed E-state index contributed by atoms with van der Waals surface area (Å²) in [4.78, 5) is 2.23. The predicted octanol–water partition coefficient (Wildman–Crippen LogP) is 3.58. The van der Waals surface area contributed by atoms with Crippen molar-refractivity contribution < 1.29 is 17.9 Å². The van der Waals surface area contributed by atoms with Crippen molar-refractivity contribution >= 4 is 0 Å². The Bertz CT molecular complexity index is 491. The van der Waals surface area contributed by atoms with Gasteiger partial charge in [-0.3, -0.25) is 4.90 Å². The first-order valence-corrected chi connectivity index (χ1v) is 7.48. The van der Waals surface area contributed by atoms with Gasteiger partial charge in [-0.2, -0.15) is 0 Å². The molecule has 3 nitrogen and oxygen atoms in total. The van der Waals surface area contributed by atoms with Gasteiger partial charge in [0.25, 0.3) is 0 Å². The summed E-state index contributed by atoms with van der Waals surface area (Å²) in [6, 6.07) is 6.33. The molecular formula is C16H23F3N2O. The highest BCUT2D eigenvalue weighted by molar-refractivity contribution is 5.37. The summed E-state index contributed by atoms with van der Waals surface area (Å²) in [5, 5.41) is 3.27. The van der Waals surface area contributed by atoms with E-state index in [2.05, 4.69) is 15.0 Å². The van der Waals surface area contributed by atoms with E-state index in [0.717, 1.165) is 26.2 Å².